The molecule has 2 heterocycles. The number of carbonyl (C=O) groups is 2. The van der Waals surface area contributed by atoms with Crippen LogP contribution in [0.15, 0.2) is 60.7 Å². The van der Waals surface area contributed by atoms with Gasteiger partial charge in [-0.05, 0) is 41.1 Å². The van der Waals surface area contributed by atoms with E-state index in [4.69, 9.17) is 16.3 Å². The van der Waals surface area contributed by atoms with Crippen molar-refractivity contribution < 1.29 is 24.3 Å². The van der Waals surface area contributed by atoms with Crippen LogP contribution in [0.4, 0.5) is 0 Å². The Bertz CT molecular complexity index is 1170. The van der Waals surface area contributed by atoms with Crippen LogP contribution in [-0.2, 0) is 11.3 Å². The van der Waals surface area contributed by atoms with Crippen LogP contribution in [0.2, 0.25) is 5.02 Å². The van der Waals surface area contributed by atoms with Gasteiger partial charge in [0.2, 0.25) is 0 Å². The van der Waals surface area contributed by atoms with Crippen molar-refractivity contribution in [3.8, 4) is 0 Å². The fourth-order valence-corrected chi connectivity index (χ4v) is 5.39. The Labute approximate surface area is 210 Å². The molecule has 2 N–H and O–H groups in total. The van der Waals surface area contributed by atoms with Gasteiger partial charge >= 0.3 is 0 Å². The van der Waals surface area contributed by atoms with Crippen LogP contribution in [0.1, 0.15) is 39.1 Å². The molecule has 1 fully saturated rings. The highest BCUT2D eigenvalue weighted by Gasteiger charge is 2.35. The van der Waals surface area contributed by atoms with Crippen molar-refractivity contribution in [2.75, 3.05) is 32.8 Å². The third-order valence-electron chi connectivity index (χ3n) is 7.13. The van der Waals surface area contributed by atoms with Crippen LogP contribution in [0, 0.1) is 5.92 Å². The molecule has 1 atom stereocenters. The van der Waals surface area contributed by atoms with Gasteiger partial charge in [0.25, 0.3) is 11.8 Å². The van der Waals surface area contributed by atoms with Crippen LogP contribution < -0.4 is 4.90 Å². The number of imide groups is 1. The van der Waals surface area contributed by atoms with Crippen molar-refractivity contribution in [3.05, 3.63) is 82.4 Å². The number of carbonyl (C=O) groups excluding carboxylic acids is 2. The first-order chi connectivity index (χ1) is 17.0. The molecule has 0 saturated carbocycles. The van der Waals surface area contributed by atoms with Gasteiger partial charge in [-0.25, -0.2) is 0 Å². The number of piperidine rings is 1. The maximum atomic E-state index is 13.2. The molecule has 0 unspecified atom stereocenters. The zero-order chi connectivity index (χ0) is 24.4. The molecule has 0 radical (unpaired) electrons. The molecule has 5 rings (SSSR count). The number of hydrogen-bond donors (Lipinski definition) is 2. The minimum absolute atomic E-state index is 0.192. The summed E-state index contributed by atoms with van der Waals surface area (Å²) in [6, 6.07) is 18.8. The number of amides is 2. The number of benzene rings is 3. The number of aliphatic hydroxyl groups excluding tert-OH is 1. The highest BCUT2D eigenvalue weighted by atomic mass is 35.5. The molecule has 3 aromatic rings. The summed E-state index contributed by atoms with van der Waals surface area (Å²) >= 11 is 5.90. The maximum absolute atomic E-state index is 13.2. The van der Waals surface area contributed by atoms with E-state index in [1.807, 2.05) is 60.7 Å². The molecule has 2 amide bonds. The second kappa shape index (κ2) is 10.5. The average molecular weight is 494 g/mol. The summed E-state index contributed by atoms with van der Waals surface area (Å²) in [7, 11) is 0. The maximum Gasteiger partial charge on any atom is 0.261 e. The monoisotopic (exact) mass is 493 g/mol. The fraction of sp³-hybridized carbons (Fsp3) is 0.357. The molecular formula is C28H30ClN2O4+. The van der Waals surface area contributed by atoms with Crippen LogP contribution in [0.3, 0.4) is 0 Å². The predicted molar refractivity (Wildman–Crippen MR) is 135 cm³/mol. The van der Waals surface area contributed by atoms with Crippen molar-refractivity contribution in [2.24, 2.45) is 5.92 Å². The first-order valence-electron chi connectivity index (χ1n) is 12.2. The molecule has 0 aliphatic carbocycles. The lowest BCUT2D eigenvalue weighted by molar-refractivity contribution is -0.909. The summed E-state index contributed by atoms with van der Waals surface area (Å²) in [5.41, 5.74) is 2.25. The van der Waals surface area contributed by atoms with E-state index < -0.39 is 6.10 Å². The smallest absolute Gasteiger partial charge is 0.261 e. The van der Waals surface area contributed by atoms with Gasteiger partial charge in [-0.2, -0.15) is 0 Å². The van der Waals surface area contributed by atoms with Gasteiger partial charge in [-0.1, -0.05) is 48.0 Å². The van der Waals surface area contributed by atoms with E-state index >= 15 is 0 Å². The van der Waals surface area contributed by atoms with E-state index in [0.29, 0.717) is 35.8 Å². The first kappa shape index (κ1) is 23.9. The number of aliphatic hydroxyl groups is 1. The van der Waals surface area contributed by atoms with Gasteiger partial charge in [0, 0.05) is 40.9 Å². The largest absolute Gasteiger partial charge is 0.385 e. The number of nitrogens with zero attached hydrogens (tertiary/aromatic N) is 1. The molecule has 35 heavy (non-hydrogen) atoms. The highest BCUT2D eigenvalue weighted by molar-refractivity contribution is 6.30. The molecule has 7 heteroatoms. The second-order valence-corrected chi connectivity index (χ2v) is 10.1. The number of likely N-dealkylation sites (tertiary alicyclic amines) is 1. The van der Waals surface area contributed by atoms with Crippen molar-refractivity contribution in [1.29, 1.82) is 0 Å². The quantitative estimate of drug-likeness (QED) is 0.473. The average Bonchev–Trinajstić information content (AvgIpc) is 2.87. The van der Waals surface area contributed by atoms with E-state index in [1.165, 1.54) is 9.80 Å². The fourth-order valence-electron chi connectivity index (χ4n) is 5.26. The van der Waals surface area contributed by atoms with Crippen LogP contribution in [0.25, 0.3) is 10.8 Å². The second-order valence-electron chi connectivity index (χ2n) is 9.62. The first-order valence-corrected chi connectivity index (χ1v) is 12.6. The molecule has 2 aliphatic rings. The van der Waals surface area contributed by atoms with Gasteiger partial charge in [0.1, 0.15) is 12.6 Å². The van der Waals surface area contributed by atoms with Crippen LogP contribution >= 0.6 is 11.6 Å². The number of nitrogens with one attached hydrogen (secondary N) is 1. The molecule has 0 bridgehead atoms. The van der Waals surface area contributed by atoms with Gasteiger partial charge in [0.05, 0.1) is 26.3 Å². The van der Waals surface area contributed by atoms with E-state index in [-0.39, 0.29) is 24.3 Å². The molecule has 2 aliphatic heterocycles. The lowest BCUT2D eigenvalue weighted by Crippen LogP contribution is -3.14. The van der Waals surface area contributed by atoms with Crippen LogP contribution in [-0.4, -0.2) is 60.7 Å². The Morgan fingerprint density at radius 3 is 2.23 bits per heavy atom. The molecule has 6 nitrogen and oxygen atoms in total. The minimum Gasteiger partial charge on any atom is -0.385 e. The minimum atomic E-state index is -0.531. The van der Waals surface area contributed by atoms with E-state index in [0.717, 1.165) is 42.3 Å². The van der Waals surface area contributed by atoms with Gasteiger partial charge in [0.15, 0.2) is 0 Å². The van der Waals surface area contributed by atoms with Crippen molar-refractivity contribution >= 4 is 34.2 Å². The SMILES string of the molecule is O=C1c2cccc3cccc(c23)C(=O)N1CC1CC[NH+](C[C@H](O)COCc2ccc(Cl)cc2)CC1. The number of ether oxygens (including phenoxy) is 1. The van der Waals surface area contributed by atoms with E-state index in [9.17, 15) is 14.7 Å². The number of quaternary nitrogens is 1. The number of rotatable bonds is 8. The van der Waals surface area contributed by atoms with E-state index in [2.05, 4.69) is 0 Å². The van der Waals surface area contributed by atoms with E-state index in [1.54, 1.807) is 0 Å². The van der Waals surface area contributed by atoms with Gasteiger partial charge < -0.3 is 14.7 Å². The van der Waals surface area contributed by atoms with Gasteiger partial charge in [-0.15, -0.1) is 0 Å². The number of halogens is 1. The summed E-state index contributed by atoms with van der Waals surface area (Å²) in [6.07, 6.45) is 1.30. The third kappa shape index (κ3) is 5.26. The van der Waals surface area contributed by atoms with Crippen molar-refractivity contribution in [1.82, 2.24) is 4.90 Å². The molecule has 0 aromatic heterocycles. The van der Waals surface area contributed by atoms with Gasteiger partial charge in [-0.3, -0.25) is 14.5 Å². The predicted octanol–water partition coefficient (Wildman–Crippen LogP) is 2.96. The Hall–Kier alpha value is -2.77. The molecule has 0 spiro atoms. The number of hydrogen-bond acceptors (Lipinski definition) is 4. The summed E-state index contributed by atoms with van der Waals surface area (Å²) in [4.78, 5) is 29.1. The zero-order valence-corrected chi connectivity index (χ0v) is 20.3. The molecule has 182 valence electrons. The summed E-state index contributed by atoms with van der Waals surface area (Å²) in [6.45, 7) is 3.62. The van der Waals surface area contributed by atoms with Crippen molar-refractivity contribution in [3.63, 3.8) is 0 Å². The Morgan fingerprint density at radius 2 is 1.60 bits per heavy atom. The lowest BCUT2D eigenvalue weighted by atomic mass is 9.91. The summed E-state index contributed by atoms with van der Waals surface area (Å²) < 4.78 is 5.67. The Balaban J connectivity index is 1.10. The standard InChI is InChI=1S/C28H29ClN2O4/c29-22-9-7-20(8-10-22)17-35-18-23(32)16-30-13-11-19(12-14-30)15-31-27(33)24-5-1-3-21-4-2-6-25(26(21)24)28(31)34/h1-10,19,23,32H,11-18H2/p+1/t23-/m0/s1. The molecule has 1 saturated heterocycles. The van der Waals surface area contributed by atoms with Crippen molar-refractivity contribution in [2.45, 2.75) is 25.6 Å². The van der Waals surface area contributed by atoms with Crippen LogP contribution in [0.5, 0.6) is 0 Å². The zero-order valence-electron chi connectivity index (χ0n) is 19.6. The lowest BCUT2D eigenvalue weighted by Gasteiger charge is -2.34. The Kier molecular flexibility index (Phi) is 7.16. The summed E-state index contributed by atoms with van der Waals surface area (Å²) in [5.74, 6) is -0.112. The highest BCUT2D eigenvalue weighted by Crippen LogP contribution is 2.30. The molecule has 3 aromatic carbocycles. The Morgan fingerprint density at radius 1 is 0.971 bits per heavy atom. The summed E-state index contributed by atoms with van der Waals surface area (Å²) in [5, 5.41) is 12.8. The molecular weight excluding hydrogens is 464 g/mol. The topological polar surface area (TPSA) is 71.3 Å². The third-order valence-corrected chi connectivity index (χ3v) is 7.38. The normalized spacial score (nSPS) is 20.9.